The highest BCUT2D eigenvalue weighted by Gasteiger charge is 2.37. The number of benzene rings is 2. The van der Waals surface area contributed by atoms with Crippen LogP contribution in [0, 0.1) is 19.8 Å². The SMILES string of the molecule is COC(=O)C1CN(C(=O)c2nn(-c3cc(C)c(Oc4ccc(OC)c(Br)c4)c(C)c3)c(=O)[nH]c2=O)CCC1=O. The highest BCUT2D eigenvalue weighted by molar-refractivity contribution is 9.10. The summed E-state index contributed by atoms with van der Waals surface area (Å²) in [6.45, 7) is 3.31. The second kappa shape index (κ2) is 11.2. The van der Waals surface area contributed by atoms with E-state index in [1.165, 1.54) is 4.90 Å². The van der Waals surface area contributed by atoms with Crippen molar-refractivity contribution in [1.29, 1.82) is 0 Å². The summed E-state index contributed by atoms with van der Waals surface area (Å²) in [6, 6.07) is 8.54. The maximum Gasteiger partial charge on any atom is 0.349 e. The van der Waals surface area contributed by atoms with Crippen LogP contribution in [-0.2, 0) is 14.3 Å². The number of aromatic amines is 1. The number of amides is 1. The van der Waals surface area contributed by atoms with Gasteiger partial charge in [0.05, 0.1) is 24.4 Å². The lowest BCUT2D eigenvalue weighted by Gasteiger charge is -2.29. The Balaban J connectivity index is 1.66. The lowest BCUT2D eigenvalue weighted by molar-refractivity contribution is -0.151. The maximum absolute atomic E-state index is 13.2. The molecule has 1 amide bonds. The topological polar surface area (TPSA) is 150 Å². The first kappa shape index (κ1) is 27.8. The molecule has 3 aromatic rings. The van der Waals surface area contributed by atoms with Crippen LogP contribution in [0.5, 0.6) is 17.2 Å². The molecule has 39 heavy (non-hydrogen) atoms. The first-order chi connectivity index (χ1) is 18.5. The van der Waals surface area contributed by atoms with Crippen molar-refractivity contribution in [3.63, 3.8) is 0 Å². The first-order valence-electron chi connectivity index (χ1n) is 11.8. The molecule has 0 aliphatic carbocycles. The summed E-state index contributed by atoms with van der Waals surface area (Å²) in [5.41, 5.74) is -0.743. The molecule has 1 saturated heterocycles. The number of aryl methyl sites for hydroxylation is 2. The quantitative estimate of drug-likeness (QED) is 0.332. The van der Waals surface area contributed by atoms with E-state index >= 15 is 0 Å². The zero-order valence-corrected chi connectivity index (χ0v) is 23.2. The Kier molecular flexibility index (Phi) is 8.00. The summed E-state index contributed by atoms with van der Waals surface area (Å²) in [6.07, 6.45) is -0.0757. The number of aromatic nitrogens is 3. The molecule has 1 N–H and O–H groups in total. The first-order valence-corrected chi connectivity index (χ1v) is 12.6. The number of hydrogen-bond acceptors (Lipinski definition) is 9. The Labute approximate surface area is 230 Å². The zero-order valence-electron chi connectivity index (χ0n) is 21.6. The molecule has 12 nitrogen and oxygen atoms in total. The van der Waals surface area contributed by atoms with Crippen molar-refractivity contribution < 1.29 is 28.6 Å². The summed E-state index contributed by atoms with van der Waals surface area (Å²) in [5.74, 6) is -1.33. The number of ether oxygens (including phenoxy) is 3. The van der Waals surface area contributed by atoms with Crippen LogP contribution in [0.2, 0.25) is 0 Å². The fourth-order valence-corrected chi connectivity index (χ4v) is 4.79. The van der Waals surface area contributed by atoms with E-state index in [1.54, 1.807) is 51.3 Å². The number of ketones is 1. The Bertz CT molecular complexity index is 1560. The van der Waals surface area contributed by atoms with Gasteiger partial charge >= 0.3 is 11.7 Å². The third-order valence-electron chi connectivity index (χ3n) is 6.26. The van der Waals surface area contributed by atoms with Crippen molar-refractivity contribution in [2.45, 2.75) is 20.3 Å². The van der Waals surface area contributed by atoms with Crippen LogP contribution >= 0.6 is 15.9 Å². The third kappa shape index (κ3) is 5.62. The molecule has 0 saturated carbocycles. The van der Waals surface area contributed by atoms with Gasteiger partial charge in [-0.25, -0.2) is 4.79 Å². The molecular weight excluding hydrogens is 576 g/mol. The minimum absolute atomic E-state index is 0.00284. The molecule has 4 rings (SSSR count). The maximum atomic E-state index is 13.2. The van der Waals surface area contributed by atoms with E-state index in [1.807, 2.05) is 0 Å². The van der Waals surface area contributed by atoms with Crippen molar-refractivity contribution in [1.82, 2.24) is 19.7 Å². The van der Waals surface area contributed by atoms with Crippen LogP contribution in [0.1, 0.15) is 28.0 Å². The second-order valence-corrected chi connectivity index (χ2v) is 9.72. The number of esters is 1. The van der Waals surface area contributed by atoms with Gasteiger partial charge in [-0.1, -0.05) is 0 Å². The van der Waals surface area contributed by atoms with Gasteiger partial charge in [-0.2, -0.15) is 9.78 Å². The fourth-order valence-electron chi connectivity index (χ4n) is 4.27. The van der Waals surface area contributed by atoms with Gasteiger partial charge in [0, 0.05) is 19.5 Å². The summed E-state index contributed by atoms with van der Waals surface area (Å²) in [5, 5.41) is 4.06. The van der Waals surface area contributed by atoms with E-state index in [0.29, 0.717) is 38.5 Å². The van der Waals surface area contributed by atoms with Gasteiger partial charge in [0.15, 0.2) is 5.78 Å². The number of carbonyl (C=O) groups excluding carboxylic acids is 3. The van der Waals surface area contributed by atoms with E-state index in [-0.39, 0.29) is 25.3 Å². The number of nitrogens with zero attached hydrogens (tertiary/aromatic N) is 3. The molecule has 1 atom stereocenters. The van der Waals surface area contributed by atoms with Gasteiger partial charge in [0.2, 0.25) is 5.69 Å². The zero-order chi connectivity index (χ0) is 28.4. The van der Waals surface area contributed by atoms with Crippen molar-refractivity contribution in [2.24, 2.45) is 5.92 Å². The molecule has 1 aliphatic rings. The fraction of sp³-hybridized carbons (Fsp3) is 0.308. The minimum atomic E-state index is -1.15. The number of halogens is 1. The normalized spacial score (nSPS) is 15.2. The van der Waals surface area contributed by atoms with E-state index in [2.05, 4.69) is 30.7 Å². The van der Waals surface area contributed by atoms with Crippen molar-refractivity contribution in [3.05, 3.63) is 72.5 Å². The number of rotatable bonds is 6. The van der Waals surface area contributed by atoms with Crippen LogP contribution in [-0.4, -0.2) is 64.6 Å². The smallest absolute Gasteiger partial charge is 0.349 e. The number of Topliss-reactive ketones (excluding diaryl/α,β-unsaturated/α-hetero) is 1. The molecular formula is C26H25BrN4O8. The monoisotopic (exact) mass is 600 g/mol. The van der Waals surface area contributed by atoms with Crippen molar-refractivity contribution >= 4 is 33.6 Å². The van der Waals surface area contributed by atoms with E-state index in [0.717, 1.165) is 11.8 Å². The molecule has 1 aromatic heterocycles. The van der Waals surface area contributed by atoms with E-state index in [4.69, 9.17) is 9.47 Å². The van der Waals surface area contributed by atoms with E-state index < -0.39 is 34.7 Å². The number of methoxy groups -OCH3 is 2. The van der Waals surface area contributed by atoms with Crippen LogP contribution in [0.25, 0.3) is 5.69 Å². The molecule has 0 spiro atoms. The summed E-state index contributed by atoms with van der Waals surface area (Å²) >= 11 is 3.43. The number of piperidine rings is 1. The Morgan fingerprint density at radius 2 is 1.77 bits per heavy atom. The summed E-state index contributed by atoms with van der Waals surface area (Å²) in [4.78, 5) is 65.8. The van der Waals surface area contributed by atoms with Gasteiger partial charge in [-0.3, -0.25) is 24.2 Å². The summed E-state index contributed by atoms with van der Waals surface area (Å²) in [7, 11) is 2.71. The van der Waals surface area contributed by atoms with Crippen LogP contribution in [0.15, 0.2) is 44.4 Å². The Morgan fingerprint density at radius 3 is 2.38 bits per heavy atom. The average molecular weight is 601 g/mol. The van der Waals surface area contributed by atoms with Gasteiger partial charge < -0.3 is 19.1 Å². The Morgan fingerprint density at radius 1 is 1.08 bits per heavy atom. The van der Waals surface area contributed by atoms with Gasteiger partial charge in [-0.15, -0.1) is 0 Å². The molecule has 0 radical (unpaired) electrons. The van der Waals surface area contributed by atoms with Crippen LogP contribution in [0.3, 0.4) is 0 Å². The highest BCUT2D eigenvalue weighted by Crippen LogP contribution is 2.34. The van der Waals surface area contributed by atoms with Gasteiger partial charge in [0.25, 0.3) is 11.5 Å². The lowest BCUT2D eigenvalue weighted by atomic mass is 9.96. The van der Waals surface area contributed by atoms with E-state index in [9.17, 15) is 24.0 Å². The molecule has 1 aliphatic heterocycles. The minimum Gasteiger partial charge on any atom is -0.496 e. The standard InChI is InChI=1S/C26H25BrN4O8/c1-13-9-15(10-14(2)22(13)39-16-5-6-20(37-3)18(27)11-16)31-26(36)28-23(33)21(29-31)24(34)30-8-7-19(32)17(12-30)25(35)38-4/h5-6,9-11,17H,7-8,12H2,1-4H3,(H,28,33,36). The highest BCUT2D eigenvalue weighted by atomic mass is 79.9. The predicted molar refractivity (Wildman–Crippen MR) is 142 cm³/mol. The number of likely N-dealkylation sites (tertiary alicyclic amines) is 1. The molecule has 1 fully saturated rings. The Hall–Kier alpha value is -4.26. The molecule has 2 aromatic carbocycles. The molecule has 1 unspecified atom stereocenters. The van der Waals surface area contributed by atoms with Crippen LogP contribution in [0.4, 0.5) is 0 Å². The number of H-pyrrole nitrogens is 1. The lowest BCUT2D eigenvalue weighted by Crippen LogP contribution is -2.49. The molecule has 13 heteroatoms. The van der Waals surface area contributed by atoms with Crippen LogP contribution < -0.4 is 20.7 Å². The predicted octanol–water partition coefficient (Wildman–Crippen LogP) is 2.31. The third-order valence-corrected chi connectivity index (χ3v) is 6.88. The second-order valence-electron chi connectivity index (χ2n) is 8.87. The molecule has 2 heterocycles. The molecule has 0 bridgehead atoms. The summed E-state index contributed by atoms with van der Waals surface area (Å²) < 4.78 is 17.6. The van der Waals surface area contributed by atoms with Crippen molar-refractivity contribution in [2.75, 3.05) is 27.3 Å². The number of nitrogens with one attached hydrogen (secondary N) is 1. The molecule has 204 valence electrons. The van der Waals surface area contributed by atoms with Crippen molar-refractivity contribution in [3.8, 4) is 22.9 Å². The average Bonchev–Trinajstić information content (AvgIpc) is 2.90. The number of hydrogen-bond donors (Lipinski definition) is 1. The van der Waals surface area contributed by atoms with Gasteiger partial charge in [0.1, 0.15) is 23.2 Å². The largest absolute Gasteiger partial charge is 0.496 e. The number of carbonyl (C=O) groups is 3. The van der Waals surface area contributed by atoms with Gasteiger partial charge in [-0.05, 0) is 71.2 Å².